The molecule has 5 aromatic rings. The monoisotopic (exact) mass is 546 g/mol. The number of aromatic nitrogens is 4. The number of rotatable bonds is 6. The van der Waals surface area contributed by atoms with Gasteiger partial charge in [-0.2, -0.15) is 0 Å². The number of carbonyl (C=O) groups is 1. The minimum atomic E-state index is -0.365. The summed E-state index contributed by atoms with van der Waals surface area (Å²) in [6.07, 6.45) is 8.84. The summed E-state index contributed by atoms with van der Waals surface area (Å²) in [6, 6.07) is 17.4. The maximum atomic E-state index is 12.8. The molecule has 1 atom stereocenters. The van der Waals surface area contributed by atoms with E-state index in [4.69, 9.17) is 10.7 Å². The fraction of sp³-hybridized carbons (Fsp3) is 0.250. The molecule has 0 spiro atoms. The predicted molar refractivity (Wildman–Crippen MR) is 166 cm³/mol. The topological polar surface area (TPSA) is 122 Å². The molecule has 0 radical (unpaired) electrons. The van der Waals surface area contributed by atoms with Crippen LogP contribution in [0.4, 0.5) is 22.1 Å². The molecule has 0 saturated heterocycles. The molecule has 6 rings (SSSR count). The van der Waals surface area contributed by atoms with Crippen molar-refractivity contribution in [3.05, 3.63) is 84.6 Å². The summed E-state index contributed by atoms with van der Waals surface area (Å²) in [5.74, 6) is 2.02. The third kappa shape index (κ3) is 5.00. The van der Waals surface area contributed by atoms with Gasteiger partial charge in [0.15, 0.2) is 0 Å². The lowest BCUT2D eigenvalue weighted by molar-refractivity contribution is 0.262. The first kappa shape index (κ1) is 26.5. The number of nitrogens with zero attached hydrogens (tertiary/aromatic N) is 4. The number of allylic oxidation sites excluding steroid dienone is 1. The molecule has 3 aromatic heterocycles. The minimum absolute atomic E-state index is 0.161. The second kappa shape index (κ2) is 11.0. The first-order valence-electron chi connectivity index (χ1n) is 14.0. The number of hydrogen-bond acceptors (Lipinski definition) is 6. The Hall–Kier alpha value is -4.76. The van der Waals surface area contributed by atoms with Gasteiger partial charge in [0.2, 0.25) is 0 Å². The van der Waals surface area contributed by atoms with Gasteiger partial charge in [-0.25, -0.2) is 19.7 Å². The molecule has 0 bridgehead atoms. The van der Waals surface area contributed by atoms with Crippen LogP contribution in [0.25, 0.3) is 33.1 Å². The highest BCUT2D eigenvalue weighted by Crippen LogP contribution is 2.39. The van der Waals surface area contributed by atoms with E-state index in [1.54, 1.807) is 18.3 Å². The Morgan fingerprint density at radius 3 is 2.54 bits per heavy atom. The number of benzene rings is 2. The van der Waals surface area contributed by atoms with Gasteiger partial charge >= 0.3 is 6.03 Å². The highest BCUT2D eigenvalue weighted by Gasteiger charge is 2.25. The average Bonchev–Trinajstić information content (AvgIpc) is 3.40. The molecule has 9 heteroatoms. The third-order valence-corrected chi connectivity index (χ3v) is 7.71. The fourth-order valence-electron chi connectivity index (χ4n) is 5.62. The quantitative estimate of drug-likeness (QED) is 0.194. The van der Waals surface area contributed by atoms with Crippen LogP contribution in [-0.2, 0) is 0 Å². The van der Waals surface area contributed by atoms with Gasteiger partial charge in [-0.3, -0.25) is 9.72 Å². The van der Waals surface area contributed by atoms with Crippen molar-refractivity contribution < 1.29 is 4.79 Å². The maximum Gasteiger partial charge on any atom is 0.324 e. The molecule has 0 saturated carbocycles. The second-order valence-electron chi connectivity index (χ2n) is 10.7. The summed E-state index contributed by atoms with van der Waals surface area (Å²) >= 11 is 0. The highest BCUT2D eigenvalue weighted by atomic mass is 16.2. The zero-order valence-electron chi connectivity index (χ0n) is 23.5. The lowest BCUT2D eigenvalue weighted by atomic mass is 9.93. The molecule has 5 N–H and O–H groups in total. The molecule has 1 aliphatic carbocycles. The number of carbonyl (C=O) groups excluding carboxylic acids is 1. The number of nitrogens with two attached hydrogens (primary N) is 1. The van der Waals surface area contributed by atoms with E-state index in [2.05, 4.69) is 50.2 Å². The van der Waals surface area contributed by atoms with Crippen molar-refractivity contribution in [2.75, 3.05) is 23.4 Å². The highest BCUT2D eigenvalue weighted by molar-refractivity contribution is 6.10. The maximum absolute atomic E-state index is 12.8. The number of hydrogen-bond donors (Lipinski definition) is 4. The molecule has 208 valence electrons. The van der Waals surface area contributed by atoms with Gasteiger partial charge in [0.05, 0.1) is 17.6 Å². The largest absolute Gasteiger partial charge is 0.382 e. The summed E-state index contributed by atoms with van der Waals surface area (Å²) in [7, 11) is 2.02. The van der Waals surface area contributed by atoms with E-state index in [9.17, 15) is 4.79 Å². The van der Waals surface area contributed by atoms with Crippen molar-refractivity contribution in [2.45, 2.75) is 45.1 Å². The predicted octanol–water partition coefficient (Wildman–Crippen LogP) is 6.45. The number of anilines is 3. The summed E-state index contributed by atoms with van der Waals surface area (Å²) in [6.45, 7) is 4.30. The fourth-order valence-corrected chi connectivity index (χ4v) is 5.62. The van der Waals surface area contributed by atoms with Crippen molar-refractivity contribution >= 4 is 45.2 Å². The Balaban J connectivity index is 1.47. The van der Waals surface area contributed by atoms with Gasteiger partial charge in [0.25, 0.3) is 0 Å². The van der Waals surface area contributed by atoms with Crippen LogP contribution < -0.4 is 21.7 Å². The van der Waals surface area contributed by atoms with Gasteiger partial charge in [0.1, 0.15) is 28.7 Å². The summed E-state index contributed by atoms with van der Waals surface area (Å²) in [5.41, 5.74) is 12.1. The molecule has 3 heterocycles. The number of pyridine rings is 1. The van der Waals surface area contributed by atoms with E-state index in [1.807, 2.05) is 55.7 Å². The minimum Gasteiger partial charge on any atom is -0.382 e. The Kier molecular flexibility index (Phi) is 7.11. The molecule has 2 aromatic carbocycles. The third-order valence-electron chi connectivity index (χ3n) is 7.71. The molecule has 0 fully saturated rings. The number of fused-ring (bicyclic) bond motifs is 2. The molecule has 1 unspecified atom stereocenters. The van der Waals surface area contributed by atoms with E-state index in [0.717, 1.165) is 58.3 Å². The van der Waals surface area contributed by atoms with E-state index in [0.29, 0.717) is 23.4 Å². The number of nitrogen functional groups attached to an aromatic ring is 1. The standard InChI is InChI=1S/C32H34N8O/c1-19(2)31-39-28(29-30(33)36-18-26(40(29)31)20-11-13-21(34-3)14-12-20)24-15-16-25(23-9-5-4-8-22(23)24)37-32(41)38-27-10-6-7-17-35-27/h4-11,15-19,21,34H,12-14H2,1-3H3,(H2,33,36)(H2,35,37,38,41). The van der Waals surface area contributed by atoms with Crippen LogP contribution in [0, 0.1) is 0 Å². The molecule has 1 aliphatic rings. The smallest absolute Gasteiger partial charge is 0.324 e. The first-order chi connectivity index (χ1) is 19.9. The van der Waals surface area contributed by atoms with Gasteiger partial charge in [-0.05, 0) is 55.5 Å². The van der Waals surface area contributed by atoms with Gasteiger partial charge in [-0.15, -0.1) is 0 Å². The van der Waals surface area contributed by atoms with Gasteiger partial charge in [0, 0.05) is 29.1 Å². The first-order valence-corrected chi connectivity index (χ1v) is 14.0. The lowest BCUT2D eigenvalue weighted by Crippen LogP contribution is -2.26. The molecule has 41 heavy (non-hydrogen) atoms. The summed E-state index contributed by atoms with van der Waals surface area (Å²) in [4.78, 5) is 26.8. The van der Waals surface area contributed by atoms with Crippen LogP contribution in [0.15, 0.2) is 73.1 Å². The Morgan fingerprint density at radius 2 is 1.83 bits per heavy atom. The van der Waals surface area contributed by atoms with Crippen LogP contribution in [-0.4, -0.2) is 38.5 Å². The Labute approximate surface area is 238 Å². The van der Waals surface area contributed by atoms with Crippen LogP contribution in [0.3, 0.4) is 0 Å². The van der Waals surface area contributed by atoms with Gasteiger partial charge < -0.3 is 16.4 Å². The number of urea groups is 1. The van der Waals surface area contributed by atoms with E-state index < -0.39 is 0 Å². The number of nitrogens with one attached hydrogen (secondary N) is 3. The van der Waals surface area contributed by atoms with E-state index in [1.165, 1.54) is 5.57 Å². The lowest BCUT2D eigenvalue weighted by Gasteiger charge is -2.22. The molecular formula is C32H34N8O. The number of amides is 2. The molecular weight excluding hydrogens is 512 g/mol. The van der Waals surface area contributed by atoms with Crippen molar-refractivity contribution in [1.29, 1.82) is 0 Å². The summed E-state index contributed by atoms with van der Waals surface area (Å²) in [5, 5.41) is 11.0. The zero-order chi connectivity index (χ0) is 28.5. The number of imidazole rings is 1. The van der Waals surface area contributed by atoms with E-state index >= 15 is 0 Å². The van der Waals surface area contributed by atoms with Crippen LogP contribution in [0.5, 0.6) is 0 Å². The molecule has 9 nitrogen and oxygen atoms in total. The average molecular weight is 547 g/mol. The normalized spacial score (nSPS) is 15.3. The molecule has 2 amide bonds. The van der Waals surface area contributed by atoms with Crippen molar-refractivity contribution in [3.8, 4) is 11.3 Å². The Morgan fingerprint density at radius 1 is 1.02 bits per heavy atom. The SMILES string of the molecule is CNC1CC=C(c2cnc(N)c3c(-c4ccc(NC(=O)Nc5ccccn5)c5ccccc45)nc(C(C)C)n23)CC1. The van der Waals surface area contributed by atoms with E-state index in [-0.39, 0.29) is 11.9 Å². The van der Waals surface area contributed by atoms with Crippen molar-refractivity contribution in [3.63, 3.8) is 0 Å². The Bertz CT molecular complexity index is 1770. The van der Waals surface area contributed by atoms with Crippen LogP contribution in [0.1, 0.15) is 50.5 Å². The summed E-state index contributed by atoms with van der Waals surface area (Å²) < 4.78 is 2.20. The van der Waals surface area contributed by atoms with Gasteiger partial charge in [-0.1, -0.05) is 56.3 Å². The zero-order valence-corrected chi connectivity index (χ0v) is 23.5. The van der Waals surface area contributed by atoms with Crippen molar-refractivity contribution in [2.24, 2.45) is 0 Å². The van der Waals surface area contributed by atoms with Crippen LogP contribution >= 0.6 is 0 Å². The van der Waals surface area contributed by atoms with Crippen molar-refractivity contribution in [1.82, 2.24) is 24.7 Å². The van der Waals surface area contributed by atoms with Crippen LogP contribution in [0.2, 0.25) is 0 Å². The second-order valence-corrected chi connectivity index (χ2v) is 10.7. The molecule has 0 aliphatic heterocycles.